The highest BCUT2D eigenvalue weighted by atomic mass is 35.5. The number of carbonyl (C=O) groups is 1. The molecule has 1 aromatic carbocycles. The van der Waals surface area contributed by atoms with Crippen LogP contribution in [-0.4, -0.2) is 35.0 Å². The summed E-state index contributed by atoms with van der Waals surface area (Å²) in [7, 11) is 0. The number of hydrogen-bond donors (Lipinski definition) is 1. The molecular weight excluding hydrogens is 370 g/mol. The zero-order valence-corrected chi connectivity index (χ0v) is 16.5. The van der Waals surface area contributed by atoms with Crippen molar-refractivity contribution in [3.63, 3.8) is 0 Å². The largest absolute Gasteiger partial charge is 0.491 e. The summed E-state index contributed by atoms with van der Waals surface area (Å²) in [6, 6.07) is 7.85. The Labute approximate surface area is 163 Å². The summed E-state index contributed by atoms with van der Waals surface area (Å²) in [5, 5.41) is 4.04. The molecular formula is C19H24ClN3O2S. The highest BCUT2D eigenvalue weighted by molar-refractivity contribution is 7.15. The Morgan fingerprint density at radius 1 is 1.42 bits per heavy atom. The van der Waals surface area contributed by atoms with E-state index in [1.54, 1.807) is 23.5 Å². The van der Waals surface area contributed by atoms with Crippen molar-refractivity contribution < 1.29 is 9.53 Å². The Morgan fingerprint density at radius 2 is 2.27 bits per heavy atom. The Hall–Kier alpha value is -1.63. The lowest BCUT2D eigenvalue weighted by Crippen LogP contribution is -2.36. The molecule has 2 heterocycles. The number of nitrogens with one attached hydrogen (secondary N) is 1. The normalized spacial score (nSPS) is 17.8. The van der Waals surface area contributed by atoms with Gasteiger partial charge in [-0.1, -0.05) is 30.2 Å². The number of piperidine rings is 1. The molecule has 1 fully saturated rings. The summed E-state index contributed by atoms with van der Waals surface area (Å²) in [5.41, 5.74) is 0. The van der Waals surface area contributed by atoms with Gasteiger partial charge in [0.05, 0.1) is 18.1 Å². The molecule has 1 atom stereocenters. The van der Waals surface area contributed by atoms with Gasteiger partial charge in [-0.25, -0.2) is 4.98 Å². The van der Waals surface area contributed by atoms with E-state index in [2.05, 4.69) is 22.1 Å². The minimum absolute atomic E-state index is 0.107. The van der Waals surface area contributed by atoms with E-state index in [-0.39, 0.29) is 18.9 Å². The summed E-state index contributed by atoms with van der Waals surface area (Å²) in [6.45, 7) is 4.60. The second kappa shape index (κ2) is 9.35. The Morgan fingerprint density at radius 3 is 3.08 bits per heavy atom. The zero-order valence-electron chi connectivity index (χ0n) is 14.9. The third-order valence-electron chi connectivity index (χ3n) is 4.52. The highest BCUT2D eigenvalue weighted by Crippen LogP contribution is 2.25. The average Bonchev–Trinajstić information content (AvgIpc) is 3.05. The minimum Gasteiger partial charge on any atom is -0.491 e. The fraction of sp³-hybridized carbons (Fsp3) is 0.474. The summed E-state index contributed by atoms with van der Waals surface area (Å²) < 4.78 is 5.55. The van der Waals surface area contributed by atoms with Crippen LogP contribution in [-0.2, 0) is 11.3 Å². The summed E-state index contributed by atoms with van der Waals surface area (Å²) in [6.07, 6.45) is 5.95. The molecule has 1 saturated heterocycles. The van der Waals surface area contributed by atoms with Crippen molar-refractivity contribution in [1.29, 1.82) is 0 Å². The van der Waals surface area contributed by atoms with Gasteiger partial charge in [0.1, 0.15) is 5.75 Å². The molecule has 1 aliphatic rings. The molecule has 1 unspecified atom stereocenters. The Kier molecular flexibility index (Phi) is 6.88. The summed E-state index contributed by atoms with van der Waals surface area (Å²) in [4.78, 5) is 20.1. The van der Waals surface area contributed by atoms with E-state index in [0.717, 1.165) is 13.1 Å². The van der Waals surface area contributed by atoms with Crippen LogP contribution in [0.1, 0.15) is 37.5 Å². The van der Waals surface area contributed by atoms with E-state index in [1.807, 2.05) is 18.3 Å². The molecule has 1 N–H and O–H groups in total. The molecule has 0 radical (unpaired) electrons. The average molecular weight is 394 g/mol. The molecule has 0 aliphatic carbocycles. The molecule has 3 rings (SSSR count). The zero-order chi connectivity index (χ0) is 18.4. The van der Waals surface area contributed by atoms with Gasteiger partial charge >= 0.3 is 0 Å². The van der Waals surface area contributed by atoms with Crippen molar-refractivity contribution in [3.05, 3.63) is 40.4 Å². The number of aromatic nitrogens is 1. The predicted octanol–water partition coefficient (Wildman–Crippen LogP) is 4.58. The summed E-state index contributed by atoms with van der Waals surface area (Å²) >= 11 is 7.57. The van der Waals surface area contributed by atoms with Crippen LogP contribution in [0.15, 0.2) is 30.5 Å². The quantitative estimate of drug-likeness (QED) is 0.748. The fourth-order valence-corrected chi connectivity index (χ4v) is 4.07. The topological polar surface area (TPSA) is 54.5 Å². The van der Waals surface area contributed by atoms with Crippen LogP contribution in [0.2, 0.25) is 5.02 Å². The number of ether oxygens (including phenoxy) is 1. The number of likely N-dealkylation sites (tertiary alicyclic amines) is 1. The molecule has 140 valence electrons. The number of hydrogen-bond acceptors (Lipinski definition) is 5. The monoisotopic (exact) mass is 393 g/mol. The number of amides is 1. The van der Waals surface area contributed by atoms with Crippen molar-refractivity contribution in [3.8, 4) is 5.75 Å². The maximum Gasteiger partial charge on any atom is 0.229 e. The van der Waals surface area contributed by atoms with Gasteiger partial charge in [0, 0.05) is 23.7 Å². The Balaban J connectivity index is 1.43. The third-order valence-corrected chi connectivity index (χ3v) is 5.73. The first kappa shape index (κ1) is 19.1. The van der Waals surface area contributed by atoms with Gasteiger partial charge in [0.25, 0.3) is 0 Å². The predicted molar refractivity (Wildman–Crippen MR) is 106 cm³/mol. The number of carbonyl (C=O) groups excluding carboxylic acids is 1. The number of halogens is 1. The molecule has 5 nitrogen and oxygen atoms in total. The van der Waals surface area contributed by atoms with Gasteiger partial charge in [-0.15, -0.1) is 11.3 Å². The molecule has 26 heavy (non-hydrogen) atoms. The molecule has 0 saturated carbocycles. The standard InChI is InChI=1S/C19H24ClN3O2S/c1-14-6-4-5-10-23(14)13-15-12-21-19(26-15)22-18(24)9-11-25-17-8-3-2-7-16(17)20/h2-3,7-8,12,14H,4-6,9-11,13H2,1H3,(H,21,22,24). The van der Waals surface area contributed by atoms with Crippen molar-refractivity contribution in [2.75, 3.05) is 18.5 Å². The molecule has 2 aromatic rings. The van der Waals surface area contributed by atoms with Gasteiger partial charge in [0.15, 0.2) is 5.13 Å². The number of anilines is 1. The van der Waals surface area contributed by atoms with Gasteiger partial charge in [-0.05, 0) is 38.4 Å². The van der Waals surface area contributed by atoms with Crippen molar-refractivity contribution >= 4 is 34.0 Å². The van der Waals surface area contributed by atoms with Crippen molar-refractivity contribution in [2.24, 2.45) is 0 Å². The van der Waals surface area contributed by atoms with Gasteiger partial charge in [0.2, 0.25) is 5.91 Å². The first-order valence-corrected chi connectivity index (χ1v) is 10.2. The number of nitrogens with zero attached hydrogens (tertiary/aromatic N) is 2. The van der Waals surface area contributed by atoms with Gasteiger partial charge in [-0.3, -0.25) is 9.69 Å². The van der Waals surface area contributed by atoms with Crippen LogP contribution in [0.25, 0.3) is 0 Å². The SMILES string of the molecule is CC1CCCCN1Cc1cnc(NC(=O)CCOc2ccccc2Cl)s1. The first-order chi connectivity index (χ1) is 12.6. The minimum atomic E-state index is -0.107. The summed E-state index contributed by atoms with van der Waals surface area (Å²) in [5.74, 6) is 0.485. The highest BCUT2D eigenvalue weighted by Gasteiger charge is 2.19. The molecule has 0 spiro atoms. The lowest BCUT2D eigenvalue weighted by molar-refractivity contribution is -0.116. The van der Waals surface area contributed by atoms with E-state index in [9.17, 15) is 4.79 Å². The number of rotatable bonds is 7. The molecule has 7 heteroatoms. The number of benzene rings is 1. The van der Waals surface area contributed by atoms with Crippen molar-refractivity contribution in [1.82, 2.24) is 9.88 Å². The lowest BCUT2D eigenvalue weighted by Gasteiger charge is -2.32. The lowest BCUT2D eigenvalue weighted by atomic mass is 10.0. The van der Waals surface area contributed by atoms with Crippen LogP contribution in [0.5, 0.6) is 5.75 Å². The second-order valence-electron chi connectivity index (χ2n) is 6.52. The maximum atomic E-state index is 12.1. The van der Waals surface area contributed by atoms with Crippen LogP contribution >= 0.6 is 22.9 Å². The third kappa shape index (κ3) is 5.43. The number of para-hydroxylation sites is 1. The van der Waals surface area contributed by atoms with E-state index in [4.69, 9.17) is 16.3 Å². The smallest absolute Gasteiger partial charge is 0.229 e. The fourth-order valence-electron chi connectivity index (χ4n) is 3.03. The van der Waals surface area contributed by atoms with Crippen LogP contribution in [0, 0.1) is 0 Å². The second-order valence-corrected chi connectivity index (χ2v) is 8.05. The van der Waals surface area contributed by atoms with Crippen LogP contribution < -0.4 is 10.1 Å². The van der Waals surface area contributed by atoms with Crippen LogP contribution in [0.3, 0.4) is 0 Å². The molecule has 1 amide bonds. The molecule has 0 bridgehead atoms. The van der Waals surface area contributed by atoms with E-state index < -0.39 is 0 Å². The van der Waals surface area contributed by atoms with Crippen molar-refractivity contribution in [2.45, 2.75) is 45.2 Å². The molecule has 1 aliphatic heterocycles. The van der Waals surface area contributed by atoms with Crippen LogP contribution in [0.4, 0.5) is 5.13 Å². The Bertz CT molecular complexity index is 737. The maximum absolute atomic E-state index is 12.1. The van der Waals surface area contributed by atoms with Gasteiger partial charge < -0.3 is 10.1 Å². The van der Waals surface area contributed by atoms with E-state index in [0.29, 0.717) is 21.9 Å². The van der Waals surface area contributed by atoms with Gasteiger partial charge in [-0.2, -0.15) is 0 Å². The van der Waals surface area contributed by atoms with E-state index in [1.165, 1.54) is 24.1 Å². The first-order valence-electron chi connectivity index (χ1n) is 8.98. The number of thiazole rings is 1. The van der Waals surface area contributed by atoms with E-state index >= 15 is 0 Å². The molecule has 1 aromatic heterocycles.